The van der Waals surface area contributed by atoms with Crippen LogP contribution in [0.2, 0.25) is 0 Å². The van der Waals surface area contributed by atoms with E-state index >= 15 is 0 Å². The highest BCUT2D eigenvalue weighted by Gasteiger charge is 2.56. The molecule has 3 aromatic rings. The summed E-state index contributed by atoms with van der Waals surface area (Å²) in [6.07, 6.45) is 17.3. The summed E-state index contributed by atoms with van der Waals surface area (Å²) in [5.74, 6) is -1.85. The van der Waals surface area contributed by atoms with Gasteiger partial charge in [-0.25, -0.2) is 4.85 Å². The van der Waals surface area contributed by atoms with Gasteiger partial charge >= 0.3 is 0 Å². The minimum Gasteiger partial charge on any atom is -0.287 e. The van der Waals surface area contributed by atoms with Gasteiger partial charge in [0.1, 0.15) is 11.6 Å². The van der Waals surface area contributed by atoms with Crippen molar-refractivity contribution in [2.75, 3.05) is 14.1 Å². The fraction of sp³-hybridized carbons (Fsp3) is 0.381. The average Bonchev–Trinajstić information content (AvgIpc) is 3.93. The summed E-state index contributed by atoms with van der Waals surface area (Å²) < 4.78 is 5.05. The van der Waals surface area contributed by atoms with Crippen molar-refractivity contribution in [1.82, 2.24) is 9.80 Å². The number of thiophene rings is 3. The van der Waals surface area contributed by atoms with Crippen molar-refractivity contribution in [1.29, 1.82) is 5.26 Å². The molecule has 0 atom stereocenters. The first-order valence-corrected chi connectivity index (χ1v) is 20.7. The third-order valence-electron chi connectivity index (χ3n) is 12.7. The Hall–Kier alpha value is -4.68. The van der Waals surface area contributed by atoms with Crippen molar-refractivity contribution in [2.24, 2.45) is 5.41 Å². The van der Waals surface area contributed by atoms with E-state index in [0.717, 1.165) is 71.6 Å². The van der Waals surface area contributed by atoms with Gasteiger partial charge in [-0.05, 0) is 91.2 Å². The number of allylic oxidation sites excluding steroid dienone is 5. The first-order chi connectivity index (χ1) is 25.5. The summed E-state index contributed by atoms with van der Waals surface area (Å²) in [7, 11) is 2.89. The zero-order valence-corrected chi connectivity index (χ0v) is 32.5. The molecule has 266 valence electrons. The Kier molecular flexibility index (Phi) is 7.67. The number of nitrogens with zero attached hydrogens (tertiary/aromatic N) is 4. The molecule has 3 aromatic heterocycles. The Morgan fingerprint density at radius 3 is 2.04 bits per heavy atom. The van der Waals surface area contributed by atoms with Crippen LogP contribution in [0.3, 0.4) is 0 Å². The summed E-state index contributed by atoms with van der Waals surface area (Å²) in [6.45, 7) is 11.0. The lowest BCUT2D eigenvalue weighted by Crippen LogP contribution is -2.39. The normalized spacial score (nSPS) is 24.2. The second-order valence-corrected chi connectivity index (χ2v) is 18.4. The molecule has 2 fully saturated rings. The van der Waals surface area contributed by atoms with Crippen LogP contribution in [0.25, 0.3) is 35.3 Å². The van der Waals surface area contributed by atoms with E-state index in [1.54, 1.807) is 25.2 Å². The van der Waals surface area contributed by atoms with E-state index in [4.69, 9.17) is 6.57 Å². The van der Waals surface area contributed by atoms with E-state index in [0.29, 0.717) is 22.3 Å². The largest absolute Gasteiger partial charge is 0.287 e. The molecular weight excluding hydrogens is 721 g/mol. The van der Waals surface area contributed by atoms with Crippen molar-refractivity contribution < 1.29 is 19.2 Å². The van der Waals surface area contributed by atoms with Gasteiger partial charge in [0.05, 0.1) is 20.7 Å². The van der Waals surface area contributed by atoms with Crippen molar-refractivity contribution in [3.05, 3.63) is 89.7 Å². The molecule has 4 amide bonds. The molecule has 53 heavy (non-hydrogen) atoms. The molecule has 4 aliphatic carbocycles. The number of amides is 4. The molecule has 0 radical (unpaired) electrons. The Morgan fingerprint density at radius 2 is 1.40 bits per heavy atom. The molecular formula is C42H36N4O4S3. The minimum absolute atomic E-state index is 0.0162. The smallest absolute Gasteiger partial charge is 0.271 e. The molecule has 0 aromatic carbocycles. The van der Waals surface area contributed by atoms with Crippen LogP contribution in [0.5, 0.6) is 0 Å². The zero-order valence-electron chi connectivity index (χ0n) is 30.0. The summed E-state index contributed by atoms with van der Waals surface area (Å²) in [6, 6.07) is 4.21. The number of likely N-dealkylation sites (N-methyl/N-ethyl adjacent to an activating group) is 2. The van der Waals surface area contributed by atoms with Crippen LogP contribution in [0.4, 0.5) is 0 Å². The van der Waals surface area contributed by atoms with E-state index in [2.05, 4.69) is 23.1 Å². The topological polar surface area (TPSA) is 103 Å². The van der Waals surface area contributed by atoms with E-state index in [9.17, 15) is 24.4 Å². The van der Waals surface area contributed by atoms with Gasteiger partial charge in [0.25, 0.3) is 29.3 Å². The third-order valence-corrected chi connectivity index (χ3v) is 16.5. The predicted octanol–water partition coefficient (Wildman–Crippen LogP) is 9.38. The lowest BCUT2D eigenvalue weighted by molar-refractivity contribution is -0.140. The molecule has 2 spiro atoms. The second-order valence-electron chi connectivity index (χ2n) is 15.2. The van der Waals surface area contributed by atoms with Crippen LogP contribution < -0.4 is 0 Å². The highest BCUT2D eigenvalue weighted by atomic mass is 32.1. The van der Waals surface area contributed by atoms with Crippen LogP contribution in [-0.4, -0.2) is 47.5 Å². The maximum atomic E-state index is 13.6. The summed E-state index contributed by atoms with van der Waals surface area (Å²) in [5.41, 5.74) is 6.89. The third kappa shape index (κ3) is 4.48. The van der Waals surface area contributed by atoms with Crippen molar-refractivity contribution in [3.8, 4) is 6.07 Å². The maximum absolute atomic E-state index is 13.6. The number of imide groups is 2. The molecule has 8 nitrogen and oxygen atoms in total. The van der Waals surface area contributed by atoms with Crippen molar-refractivity contribution >= 4 is 88.1 Å². The molecule has 9 rings (SSSR count). The quantitative estimate of drug-likeness (QED) is 0.147. The minimum atomic E-state index is -0.560. The van der Waals surface area contributed by atoms with Gasteiger partial charge in [0, 0.05) is 50.5 Å². The number of carbonyl (C=O) groups excluding carboxylic acids is 4. The summed E-state index contributed by atoms with van der Waals surface area (Å²) in [5, 5.41) is 9.88. The first-order valence-electron chi connectivity index (χ1n) is 18.2. The van der Waals surface area contributed by atoms with Gasteiger partial charge in [0.15, 0.2) is 0 Å². The van der Waals surface area contributed by atoms with Crippen molar-refractivity contribution in [3.63, 3.8) is 0 Å². The molecule has 0 bridgehead atoms. The average molecular weight is 757 g/mol. The fourth-order valence-corrected chi connectivity index (χ4v) is 14.5. The van der Waals surface area contributed by atoms with Gasteiger partial charge in [-0.2, -0.15) is 5.26 Å². The number of nitriles is 1. The molecule has 0 unspecified atom stereocenters. The van der Waals surface area contributed by atoms with E-state index < -0.39 is 17.7 Å². The second kappa shape index (κ2) is 11.9. The Bertz CT molecular complexity index is 2570. The van der Waals surface area contributed by atoms with Gasteiger partial charge < -0.3 is 0 Å². The number of hydrogen-bond donors (Lipinski definition) is 0. The lowest BCUT2D eigenvalue weighted by atomic mass is 9.66. The number of carbonyl (C=O) groups is 4. The Labute approximate surface area is 319 Å². The SMILES string of the molecule is [C-]#[N+]C1=C(C)/C(=C\c2cc3sc4c5c(sc4c3s2)C2=C(C=C(/C=C3/C(=O)N(C)C(=O)C(C#N)=C3C)C23CCCCC3)C52CCCCC2)C(=O)N(C)C1=O. The van der Waals surface area contributed by atoms with Crippen molar-refractivity contribution in [2.45, 2.75) is 83.5 Å². The van der Waals surface area contributed by atoms with E-state index in [-0.39, 0.29) is 28.0 Å². The van der Waals surface area contributed by atoms with E-state index in [1.807, 2.05) is 34.8 Å². The molecule has 5 heterocycles. The fourth-order valence-electron chi connectivity index (χ4n) is 9.93. The molecule has 2 saturated carbocycles. The van der Waals surface area contributed by atoms with E-state index in [1.165, 1.54) is 67.3 Å². The van der Waals surface area contributed by atoms with Crippen LogP contribution >= 0.6 is 34.0 Å². The lowest BCUT2D eigenvalue weighted by Gasteiger charge is -2.38. The molecule has 6 aliphatic rings. The number of hydrogen-bond acceptors (Lipinski definition) is 8. The van der Waals surface area contributed by atoms with Crippen LogP contribution in [0, 0.1) is 23.3 Å². The highest BCUT2D eigenvalue weighted by molar-refractivity contribution is 7.39. The predicted molar refractivity (Wildman–Crippen MR) is 210 cm³/mol. The zero-order chi connectivity index (χ0) is 37.1. The molecule has 0 N–H and O–H groups in total. The first kappa shape index (κ1) is 34.1. The Morgan fingerprint density at radius 1 is 0.774 bits per heavy atom. The van der Waals surface area contributed by atoms with Gasteiger partial charge in [-0.15, -0.1) is 34.0 Å². The van der Waals surface area contributed by atoms with Crippen LogP contribution in [-0.2, 0) is 24.6 Å². The van der Waals surface area contributed by atoms with Crippen LogP contribution in [0.1, 0.15) is 93.4 Å². The van der Waals surface area contributed by atoms with Gasteiger partial charge in [-0.1, -0.05) is 44.6 Å². The maximum Gasteiger partial charge on any atom is 0.271 e. The van der Waals surface area contributed by atoms with Gasteiger partial charge in [0.2, 0.25) is 0 Å². The van der Waals surface area contributed by atoms with Crippen LogP contribution in [0.15, 0.2) is 62.9 Å². The highest BCUT2D eigenvalue weighted by Crippen LogP contribution is 2.70. The molecule has 2 aliphatic heterocycles. The summed E-state index contributed by atoms with van der Waals surface area (Å²) in [4.78, 5) is 60.1. The Balaban J connectivity index is 1.21. The summed E-state index contributed by atoms with van der Waals surface area (Å²) >= 11 is 5.40. The van der Waals surface area contributed by atoms with Gasteiger partial charge in [-0.3, -0.25) is 29.0 Å². The standard InChI is InChI=1S/C42H36N4O4S3/c1-21-25(37(47)45(4)39(49)27(21)20-43)16-23-17-28-30(41(23)12-8-6-9-13-41)34-31(42(28)14-10-7-11-15-42)35-36(53-34)33-29(52-35)19-24(51-33)18-26-22(2)32(44-3)40(50)46(5)38(26)48/h16-19H,6-15H2,1-2,4-5H3/b25-16+,26-18+. The number of fused-ring (bicyclic) bond motifs is 9. The molecule has 0 saturated heterocycles. The molecule has 11 heteroatoms. The number of rotatable bonds is 2. The monoisotopic (exact) mass is 756 g/mol.